The van der Waals surface area contributed by atoms with E-state index >= 15 is 0 Å². The van der Waals surface area contributed by atoms with E-state index in [9.17, 15) is 68.1 Å². The van der Waals surface area contributed by atoms with Crippen molar-refractivity contribution >= 4 is 65.1 Å². The topological polar surface area (TPSA) is 425 Å². The molecule has 0 aliphatic heterocycles. The lowest BCUT2D eigenvalue weighted by molar-refractivity contribution is -0.145. The summed E-state index contributed by atoms with van der Waals surface area (Å²) in [6.45, 7) is 7.78. The molecule has 24 nitrogen and oxygen atoms in total. The third kappa shape index (κ3) is 20.8. The van der Waals surface area contributed by atoms with Crippen LogP contribution in [0.4, 0.5) is 0 Å². The highest BCUT2D eigenvalue weighted by Crippen LogP contribution is 2.10. The van der Waals surface area contributed by atoms with Gasteiger partial charge >= 0.3 is 11.9 Å². The molecular weight excluding hydrogens is 772 g/mol. The van der Waals surface area contributed by atoms with E-state index in [1.54, 1.807) is 27.7 Å². The molecule has 0 spiro atoms. The molecular formula is C34H58N10O14. The molecule has 0 aromatic rings. The number of carboxylic acids is 2. The lowest BCUT2D eigenvalue weighted by atomic mass is 10.0. The van der Waals surface area contributed by atoms with Gasteiger partial charge in [0.25, 0.3) is 0 Å². The van der Waals surface area contributed by atoms with Crippen LogP contribution < -0.4 is 54.8 Å². The van der Waals surface area contributed by atoms with Crippen LogP contribution in [0.3, 0.4) is 0 Å². The van der Waals surface area contributed by atoms with Crippen LogP contribution in [0.15, 0.2) is 0 Å². The Morgan fingerprint density at radius 2 is 0.845 bits per heavy atom. The van der Waals surface area contributed by atoms with Gasteiger partial charge in [0, 0.05) is 12.8 Å². The van der Waals surface area contributed by atoms with E-state index in [4.69, 9.17) is 22.9 Å². The number of nitrogens with two attached hydrogens (primary N) is 4. The van der Waals surface area contributed by atoms with Gasteiger partial charge in [-0.1, -0.05) is 27.7 Å². The number of hydrogen-bond acceptors (Lipinski definition) is 13. The van der Waals surface area contributed by atoms with Gasteiger partial charge in [0.05, 0.1) is 25.0 Å². The Hall–Kier alpha value is -5.91. The second-order valence-electron chi connectivity index (χ2n) is 14.5. The average Bonchev–Trinajstić information content (AvgIpc) is 3.08. The summed E-state index contributed by atoms with van der Waals surface area (Å²) in [6, 6.07) is -11.3. The third-order valence-electron chi connectivity index (χ3n) is 8.13. The van der Waals surface area contributed by atoms with E-state index in [1.165, 1.54) is 0 Å². The van der Waals surface area contributed by atoms with Crippen LogP contribution >= 0.6 is 0 Å². The quantitative estimate of drug-likeness (QED) is 0.0350. The molecule has 0 fully saturated rings. The third-order valence-corrected chi connectivity index (χ3v) is 8.13. The molecule has 0 aromatic carbocycles. The zero-order valence-electron chi connectivity index (χ0n) is 33.1. The molecule has 0 rings (SSSR count). The average molecular weight is 831 g/mol. The molecule has 17 N–H and O–H groups in total. The maximum atomic E-state index is 13.6. The highest BCUT2D eigenvalue weighted by molar-refractivity contribution is 5.99. The molecule has 0 heterocycles. The van der Waals surface area contributed by atoms with Crippen LogP contribution in [0, 0.1) is 11.8 Å². The Labute approximate surface area is 334 Å². The van der Waals surface area contributed by atoms with Gasteiger partial charge in [-0.2, -0.15) is 0 Å². The highest BCUT2D eigenvalue weighted by Gasteiger charge is 2.36. The predicted molar refractivity (Wildman–Crippen MR) is 201 cm³/mol. The summed E-state index contributed by atoms with van der Waals surface area (Å²) in [5.41, 5.74) is 21.4. The molecule has 58 heavy (non-hydrogen) atoms. The van der Waals surface area contributed by atoms with Crippen molar-refractivity contribution in [3.8, 4) is 0 Å². The molecule has 0 unspecified atom stereocenters. The summed E-state index contributed by atoms with van der Waals surface area (Å²) in [6.07, 6.45) is -4.92. The molecule has 328 valence electrons. The van der Waals surface area contributed by atoms with Crippen LogP contribution in [0.25, 0.3) is 0 Å². The fraction of sp³-hybridized carbons (Fsp3) is 0.676. The molecule has 0 aliphatic rings. The van der Waals surface area contributed by atoms with Gasteiger partial charge in [-0.25, -0.2) is 4.79 Å². The molecule has 0 aliphatic carbocycles. The smallest absolute Gasteiger partial charge is 0.328 e. The first-order chi connectivity index (χ1) is 26.7. The number of rotatable bonds is 28. The van der Waals surface area contributed by atoms with E-state index in [0.717, 1.165) is 6.92 Å². The molecule has 0 saturated heterocycles. The predicted octanol–water partition coefficient (Wildman–Crippen LogP) is -5.34. The van der Waals surface area contributed by atoms with Crippen molar-refractivity contribution in [3.05, 3.63) is 0 Å². The van der Waals surface area contributed by atoms with Crippen molar-refractivity contribution in [2.75, 3.05) is 0 Å². The molecule has 8 atom stereocenters. The van der Waals surface area contributed by atoms with Crippen LogP contribution in [0.2, 0.25) is 0 Å². The first kappa shape index (κ1) is 52.1. The van der Waals surface area contributed by atoms with E-state index < -0.39 is 139 Å². The zero-order valence-corrected chi connectivity index (χ0v) is 33.1. The normalized spacial score (nSPS) is 15.2. The highest BCUT2D eigenvalue weighted by atomic mass is 16.4. The van der Waals surface area contributed by atoms with Gasteiger partial charge in [0.2, 0.25) is 53.2 Å². The summed E-state index contributed by atoms with van der Waals surface area (Å²) in [5, 5.41) is 42.1. The summed E-state index contributed by atoms with van der Waals surface area (Å²) < 4.78 is 0. The maximum Gasteiger partial charge on any atom is 0.328 e. The fourth-order valence-electron chi connectivity index (χ4n) is 5.19. The number of aliphatic carboxylic acids is 2. The van der Waals surface area contributed by atoms with Crippen molar-refractivity contribution < 1.29 is 68.1 Å². The number of carbonyl (C=O) groups excluding carboxylic acids is 9. The van der Waals surface area contributed by atoms with Crippen LogP contribution in [0.1, 0.15) is 86.0 Å². The minimum absolute atomic E-state index is 0.0146. The van der Waals surface area contributed by atoms with Gasteiger partial charge in [-0.3, -0.25) is 47.9 Å². The van der Waals surface area contributed by atoms with E-state index in [0.29, 0.717) is 0 Å². The van der Waals surface area contributed by atoms with Crippen LogP contribution in [-0.2, 0) is 52.7 Å². The number of nitrogens with one attached hydrogen (secondary N) is 6. The molecule has 24 heteroatoms. The lowest BCUT2D eigenvalue weighted by Crippen LogP contribution is -2.61. The zero-order chi connectivity index (χ0) is 45.0. The Morgan fingerprint density at radius 1 is 0.483 bits per heavy atom. The lowest BCUT2D eigenvalue weighted by Gasteiger charge is -2.28. The largest absolute Gasteiger partial charge is 0.481 e. The van der Waals surface area contributed by atoms with Crippen molar-refractivity contribution in [1.29, 1.82) is 0 Å². The number of hydrogen-bond donors (Lipinski definition) is 13. The van der Waals surface area contributed by atoms with Crippen LogP contribution in [0.5, 0.6) is 0 Å². The summed E-state index contributed by atoms with van der Waals surface area (Å²) >= 11 is 0. The Balaban J connectivity index is 6.40. The fourth-order valence-corrected chi connectivity index (χ4v) is 5.19. The van der Waals surface area contributed by atoms with Gasteiger partial charge in [-0.15, -0.1) is 0 Å². The minimum atomic E-state index is -1.90. The molecule has 0 bridgehead atoms. The SMILES string of the molecule is CC(C)C[C@H](NC(=O)[C@H](CC(N)=O)NC(=O)[C@H](CC(=O)O)NC(=O)[C@H](CC(C)C)NC(=O)[C@@H](N)CCC(N)=O)C(=O)N[C@@H](CCC(N)=O)C(=O)N[C@H](C(=O)O)[C@@H](C)O. The van der Waals surface area contributed by atoms with Crippen molar-refractivity contribution in [2.24, 2.45) is 34.8 Å². The maximum absolute atomic E-state index is 13.6. The monoisotopic (exact) mass is 830 g/mol. The Bertz CT molecular complexity index is 1520. The number of primary amides is 3. The molecule has 0 aromatic heterocycles. The summed E-state index contributed by atoms with van der Waals surface area (Å²) in [7, 11) is 0. The standard InChI is InChI=1S/C34H58N10O14/c1-14(2)10-19(40-28(51)17(35)6-8-23(36)46)31(54)43-22(13-26(49)50)33(56)42-21(12-25(38)48)32(55)41-20(11-15(3)4)30(53)39-18(7-9-24(37)47)29(52)44-27(16(5)45)34(57)58/h14-22,27,45H,6-13,35H2,1-5H3,(H2,36,46)(H2,37,47)(H2,38,48)(H,39,53)(H,40,51)(H,41,55)(H,42,56)(H,43,54)(H,44,52)(H,49,50)(H,57,58)/t16-,17+,18+,19+,20+,21+,22+,27+/m1/s1. The summed E-state index contributed by atoms with van der Waals surface area (Å²) in [4.78, 5) is 138. The van der Waals surface area contributed by atoms with Gasteiger partial charge in [0.1, 0.15) is 30.2 Å². The van der Waals surface area contributed by atoms with Crippen molar-refractivity contribution in [2.45, 2.75) is 134 Å². The molecule has 0 saturated carbocycles. The van der Waals surface area contributed by atoms with E-state index in [2.05, 4.69) is 26.6 Å². The number of amides is 9. The van der Waals surface area contributed by atoms with Crippen molar-refractivity contribution in [1.82, 2.24) is 31.9 Å². The first-order valence-corrected chi connectivity index (χ1v) is 18.3. The van der Waals surface area contributed by atoms with E-state index in [1.807, 2.05) is 5.32 Å². The van der Waals surface area contributed by atoms with Crippen LogP contribution in [-0.4, -0.2) is 129 Å². The number of aliphatic hydroxyl groups excluding tert-OH is 1. The second-order valence-corrected chi connectivity index (χ2v) is 14.5. The van der Waals surface area contributed by atoms with E-state index in [-0.39, 0.29) is 37.5 Å². The first-order valence-electron chi connectivity index (χ1n) is 18.3. The number of carboxylic acid groups (broad SMARTS) is 2. The number of carbonyl (C=O) groups is 11. The Kier molecular flexibility index (Phi) is 22.8. The molecule has 0 radical (unpaired) electrons. The van der Waals surface area contributed by atoms with Gasteiger partial charge in [0.15, 0.2) is 6.04 Å². The second kappa shape index (κ2) is 25.4. The van der Waals surface area contributed by atoms with Crippen molar-refractivity contribution in [3.63, 3.8) is 0 Å². The Morgan fingerprint density at radius 3 is 1.22 bits per heavy atom. The molecule has 9 amide bonds. The number of aliphatic hydroxyl groups is 1. The summed E-state index contributed by atoms with van der Waals surface area (Å²) in [5.74, 6) is -13.0. The van der Waals surface area contributed by atoms with Gasteiger partial charge in [-0.05, 0) is 44.4 Å². The minimum Gasteiger partial charge on any atom is -0.481 e. The van der Waals surface area contributed by atoms with Gasteiger partial charge < -0.3 is 70.2 Å².